The molecule has 0 aliphatic rings. The van der Waals surface area contributed by atoms with Crippen LogP contribution in [0.5, 0.6) is 5.75 Å². The van der Waals surface area contributed by atoms with E-state index in [-0.39, 0.29) is 88.8 Å². The van der Waals surface area contributed by atoms with E-state index in [4.69, 9.17) is 9.15 Å². The molecule has 0 saturated carbocycles. The standard InChI is InChI=1S/C25H20N4O2.C23H18FN5O3.C20H15N5O3.C17H15N5O2/c30-22(20-12-6-2-7-13-20)18-23-26-25(29(28-23)21-14-8-3-9-15-21)27-24(31)17-16-19-10-4-1-5-11-19;1-32-19-13-9-16(10-14-19)21(31)26-23-27-22(28-29(23)18-5-3-2-4-6-18)25-20(30)15-7-11-17(24)12-8-15;26-17(14-8-3-1-4-9-14)21-19-23-20(22-18(27)16-12-7-13-28-16)25(24-19)15-10-5-2-6-11-15;1-12(23)18-17-20-16(19-15(24)13-8-4-2-5-9-13)21-22(17)14-10-6-3-7-11-14/h1-17H,18H2,(H,26,27,28,31);2-14H,1H3,(H2,25,26,27,28,30,31);1-13H,(H2,21,22,23,24,26,27);2-11H,1H3,(H2,18,19,20,21,23,24)/b17-16+;;;. The molecule has 29 nitrogen and oxygen atoms in total. The Morgan fingerprint density at radius 2 is 0.713 bits per heavy atom. The van der Waals surface area contributed by atoms with Gasteiger partial charge in [-0.25, -0.2) is 4.39 Å². The van der Waals surface area contributed by atoms with Gasteiger partial charge in [0.25, 0.3) is 53.3 Å². The molecule has 15 rings (SSSR count). The highest BCUT2D eigenvalue weighted by Gasteiger charge is 2.23. The van der Waals surface area contributed by atoms with Gasteiger partial charge in [-0.05, 0) is 145 Å². The molecule has 7 N–H and O–H groups in total. The van der Waals surface area contributed by atoms with Crippen molar-refractivity contribution in [2.24, 2.45) is 0 Å². The van der Waals surface area contributed by atoms with Crippen molar-refractivity contribution in [3.63, 3.8) is 0 Å². The van der Waals surface area contributed by atoms with Crippen molar-refractivity contribution in [2.45, 2.75) is 13.3 Å². The van der Waals surface area contributed by atoms with Gasteiger partial charge in [0.15, 0.2) is 17.4 Å². The molecule has 7 amide bonds. The molecule has 0 spiro atoms. The zero-order chi connectivity index (χ0) is 80.3. The number of carbonyl (C=O) groups excluding carboxylic acids is 8. The van der Waals surface area contributed by atoms with Gasteiger partial charge < -0.3 is 9.15 Å². The number of benzene rings is 10. The summed E-state index contributed by atoms with van der Waals surface area (Å²) in [7, 11) is 1.54. The third kappa shape index (κ3) is 21.9. The van der Waals surface area contributed by atoms with E-state index in [1.54, 1.807) is 128 Å². The molecule has 0 radical (unpaired) electrons. The molecule has 0 saturated heterocycles. The Labute approximate surface area is 655 Å². The number of amides is 7. The summed E-state index contributed by atoms with van der Waals surface area (Å²) in [5.41, 5.74) is 5.86. The lowest BCUT2D eigenvalue weighted by molar-refractivity contribution is -0.114. The second kappa shape index (κ2) is 38.5. The first-order chi connectivity index (χ1) is 56.1. The molecule has 5 aromatic heterocycles. The van der Waals surface area contributed by atoms with Gasteiger partial charge in [-0.2, -0.15) is 38.7 Å². The quantitative estimate of drug-likeness (QED) is 0.0245. The number of Topliss-reactive ketones (excluding diaryl/α,β-unsaturated/α-hetero) is 1. The number of rotatable bonds is 22. The van der Waals surface area contributed by atoms with Crippen LogP contribution in [0.1, 0.15) is 80.7 Å². The van der Waals surface area contributed by atoms with Crippen LogP contribution in [0.25, 0.3) is 28.8 Å². The van der Waals surface area contributed by atoms with Crippen molar-refractivity contribution in [2.75, 3.05) is 44.3 Å². The molecule has 30 heteroatoms. The Balaban J connectivity index is 0.000000142. The van der Waals surface area contributed by atoms with E-state index in [1.807, 2.05) is 158 Å². The number of anilines is 7. The first-order valence-electron chi connectivity index (χ1n) is 35.1. The van der Waals surface area contributed by atoms with Crippen LogP contribution < -0.4 is 42.0 Å². The normalized spacial score (nSPS) is 10.5. The van der Waals surface area contributed by atoms with Crippen molar-refractivity contribution < 1.29 is 51.9 Å². The number of aromatic nitrogens is 12. The monoisotopic (exact) mass is 1530 g/mol. The molecule has 0 aliphatic heterocycles. The second-order valence-electron chi connectivity index (χ2n) is 24.2. The van der Waals surface area contributed by atoms with Gasteiger partial charge in [-0.15, -0.1) is 20.4 Å². The SMILES string of the molecule is CC(=O)Nc1nc(NC(=O)c2ccccc2)nn1-c1ccccc1.COc1ccc(C(=O)Nc2nc(NC(=O)c3ccc(F)cc3)nn2-c2ccccc2)cc1.O=C(/C=C/c1ccccc1)Nc1nc(CC(=O)c2ccccc2)nn1-c1ccccc1.O=C(Nc1nc(NC(=O)c2ccco2)n(-c2ccccc2)n1)c1ccccc1. The third-order valence-electron chi connectivity index (χ3n) is 16.0. The van der Waals surface area contributed by atoms with Crippen molar-refractivity contribution >= 4 is 94.8 Å². The average molecular weight is 1530 g/mol. The number of carbonyl (C=O) groups is 8. The molecule has 0 bridgehead atoms. The van der Waals surface area contributed by atoms with Crippen molar-refractivity contribution in [1.29, 1.82) is 0 Å². The van der Waals surface area contributed by atoms with Gasteiger partial charge >= 0.3 is 0 Å². The van der Waals surface area contributed by atoms with E-state index < -0.39 is 23.5 Å². The fourth-order valence-corrected chi connectivity index (χ4v) is 10.5. The van der Waals surface area contributed by atoms with E-state index in [0.717, 1.165) is 11.3 Å². The topological polar surface area (TPSA) is 366 Å². The maximum Gasteiger partial charge on any atom is 0.293 e. The highest BCUT2D eigenvalue weighted by molar-refractivity contribution is 6.07. The predicted octanol–water partition coefficient (Wildman–Crippen LogP) is 14.1. The highest BCUT2D eigenvalue weighted by atomic mass is 19.1. The predicted molar refractivity (Wildman–Crippen MR) is 429 cm³/mol. The van der Waals surface area contributed by atoms with Gasteiger partial charge in [0.05, 0.1) is 42.5 Å². The number of methoxy groups -OCH3 is 1. The summed E-state index contributed by atoms with van der Waals surface area (Å²) in [6, 6.07) is 87.5. The maximum absolute atomic E-state index is 13.1. The summed E-state index contributed by atoms with van der Waals surface area (Å²) in [4.78, 5) is 116. The van der Waals surface area contributed by atoms with Gasteiger partial charge in [0.2, 0.25) is 29.7 Å². The van der Waals surface area contributed by atoms with Crippen LogP contribution in [0, 0.1) is 5.82 Å². The number of hydrogen-bond acceptors (Lipinski definition) is 18. The summed E-state index contributed by atoms with van der Waals surface area (Å²) < 4.78 is 29.2. The number of furan rings is 1. The van der Waals surface area contributed by atoms with Crippen LogP contribution in [-0.4, -0.2) is 113 Å². The third-order valence-corrected chi connectivity index (χ3v) is 16.0. The minimum Gasteiger partial charge on any atom is -0.497 e. The molecule has 0 atom stereocenters. The molecule has 0 unspecified atom stereocenters. The minimum absolute atomic E-state index is 0.0202. The number of para-hydroxylation sites is 4. The largest absolute Gasteiger partial charge is 0.497 e. The van der Waals surface area contributed by atoms with Crippen LogP contribution in [-0.2, 0) is 16.0 Å². The molecular weight excluding hydrogens is 1470 g/mol. The van der Waals surface area contributed by atoms with Gasteiger partial charge in [-0.3, -0.25) is 75.6 Å². The number of ether oxygens (including phenoxy) is 1. The Kier molecular flexibility index (Phi) is 26.1. The molecule has 5 heterocycles. The van der Waals surface area contributed by atoms with E-state index in [0.29, 0.717) is 50.9 Å². The van der Waals surface area contributed by atoms with Crippen molar-refractivity contribution in [3.8, 4) is 28.5 Å². The fraction of sp³-hybridized carbons (Fsp3) is 0.0353. The molecule has 0 aliphatic carbocycles. The lowest BCUT2D eigenvalue weighted by atomic mass is 10.1. The van der Waals surface area contributed by atoms with Crippen LogP contribution in [0.3, 0.4) is 0 Å². The summed E-state index contributed by atoms with van der Waals surface area (Å²) in [5, 5.41) is 35.9. The zero-order valence-corrected chi connectivity index (χ0v) is 61.1. The summed E-state index contributed by atoms with van der Waals surface area (Å²) in [5.74, 6) is -1.23. The molecular formula is C85H68FN19O10. The lowest BCUT2D eigenvalue weighted by Crippen LogP contribution is -2.15. The first kappa shape index (κ1) is 78.1. The molecule has 115 heavy (non-hydrogen) atoms. The molecule has 570 valence electrons. The number of nitrogens with zero attached hydrogens (tertiary/aromatic N) is 12. The van der Waals surface area contributed by atoms with Crippen molar-refractivity contribution in [1.82, 2.24) is 59.1 Å². The summed E-state index contributed by atoms with van der Waals surface area (Å²) >= 11 is 0. The Bertz CT molecular complexity index is 5820. The van der Waals surface area contributed by atoms with Crippen LogP contribution in [0.4, 0.5) is 46.0 Å². The van der Waals surface area contributed by atoms with Crippen molar-refractivity contribution in [3.05, 3.63) is 366 Å². The minimum atomic E-state index is -0.511. The molecule has 0 fully saturated rings. The highest BCUT2D eigenvalue weighted by Crippen LogP contribution is 2.24. The number of nitrogens with one attached hydrogen (secondary N) is 7. The average Bonchev–Trinajstić information content (AvgIpc) is 1.64. The van der Waals surface area contributed by atoms with E-state index in [9.17, 15) is 42.7 Å². The zero-order valence-electron chi connectivity index (χ0n) is 61.1. The van der Waals surface area contributed by atoms with Crippen LogP contribution >= 0.6 is 0 Å². The van der Waals surface area contributed by atoms with Gasteiger partial charge in [0, 0.05) is 40.8 Å². The molecule has 15 aromatic rings. The second-order valence-corrected chi connectivity index (χ2v) is 24.2. The Morgan fingerprint density at radius 1 is 0.365 bits per heavy atom. The van der Waals surface area contributed by atoms with Crippen LogP contribution in [0.15, 0.2) is 320 Å². The Morgan fingerprint density at radius 3 is 1.11 bits per heavy atom. The molecule has 10 aromatic carbocycles. The summed E-state index contributed by atoms with van der Waals surface area (Å²) in [6.45, 7) is 1.38. The van der Waals surface area contributed by atoms with E-state index in [1.165, 1.54) is 68.3 Å². The van der Waals surface area contributed by atoms with Crippen LogP contribution in [0.2, 0.25) is 0 Å². The first-order valence-corrected chi connectivity index (χ1v) is 35.1. The fourth-order valence-electron chi connectivity index (χ4n) is 10.5. The number of ketones is 1. The Hall–Kier alpha value is -16.5. The summed E-state index contributed by atoms with van der Waals surface area (Å²) in [6.07, 6.45) is 4.60. The van der Waals surface area contributed by atoms with Gasteiger partial charge in [0.1, 0.15) is 11.6 Å². The van der Waals surface area contributed by atoms with E-state index >= 15 is 0 Å². The maximum atomic E-state index is 13.1. The lowest BCUT2D eigenvalue weighted by Gasteiger charge is -2.07. The smallest absolute Gasteiger partial charge is 0.293 e. The number of hydrogen-bond donors (Lipinski definition) is 7. The number of halogens is 1. The van der Waals surface area contributed by atoms with E-state index in [2.05, 4.69) is 77.5 Å². The van der Waals surface area contributed by atoms with Gasteiger partial charge in [-0.1, -0.05) is 170 Å².